The highest BCUT2D eigenvalue weighted by atomic mass is 32.2. The lowest BCUT2D eigenvalue weighted by Crippen LogP contribution is -2.37. The van der Waals surface area contributed by atoms with Gasteiger partial charge in [-0.05, 0) is 38.0 Å². The van der Waals surface area contributed by atoms with Crippen molar-refractivity contribution >= 4 is 11.8 Å². The molecule has 1 heterocycles. The Kier molecular flexibility index (Phi) is 6.70. The summed E-state index contributed by atoms with van der Waals surface area (Å²) in [6.45, 7) is 5.84. The van der Waals surface area contributed by atoms with E-state index in [0.717, 1.165) is 25.3 Å². The molecule has 98 valence electrons. The minimum Gasteiger partial charge on any atom is -0.469 e. The Hall–Kier alpha value is -0.450. The van der Waals surface area contributed by atoms with Crippen LogP contribution in [0.2, 0.25) is 0 Å². The maximum Gasteiger partial charge on any atom is 0.105 e. The van der Waals surface area contributed by atoms with E-state index < -0.39 is 0 Å². The van der Waals surface area contributed by atoms with E-state index in [1.165, 1.54) is 17.1 Å². The topological polar surface area (TPSA) is 42.4 Å². The molecule has 1 aromatic rings. The van der Waals surface area contributed by atoms with Crippen molar-refractivity contribution in [1.82, 2.24) is 4.90 Å². The van der Waals surface area contributed by atoms with Crippen molar-refractivity contribution in [2.24, 2.45) is 5.73 Å². The van der Waals surface area contributed by atoms with Crippen molar-refractivity contribution in [3.8, 4) is 0 Å². The number of aryl methyl sites for hydroxylation is 1. The molecule has 17 heavy (non-hydrogen) atoms. The third-order valence-corrected chi connectivity index (χ3v) is 4.01. The SMILES string of the molecule is CCSCCC(CN)N(C)Cc1ccoc1C. The summed E-state index contributed by atoms with van der Waals surface area (Å²) < 4.78 is 5.32. The zero-order chi connectivity index (χ0) is 12.7. The Morgan fingerprint density at radius 1 is 1.53 bits per heavy atom. The molecule has 2 N–H and O–H groups in total. The van der Waals surface area contributed by atoms with Crippen molar-refractivity contribution in [3.05, 3.63) is 23.7 Å². The molecule has 1 aromatic heterocycles. The van der Waals surface area contributed by atoms with E-state index >= 15 is 0 Å². The summed E-state index contributed by atoms with van der Waals surface area (Å²) in [7, 11) is 2.14. The van der Waals surface area contributed by atoms with Gasteiger partial charge in [0.2, 0.25) is 0 Å². The molecule has 0 aliphatic rings. The van der Waals surface area contributed by atoms with Crippen LogP contribution in [0.5, 0.6) is 0 Å². The Labute approximate surface area is 109 Å². The fraction of sp³-hybridized carbons (Fsp3) is 0.692. The zero-order valence-corrected chi connectivity index (χ0v) is 11.9. The number of likely N-dealkylation sites (N-methyl/N-ethyl adjacent to an activating group) is 1. The van der Waals surface area contributed by atoms with E-state index in [1.54, 1.807) is 6.26 Å². The van der Waals surface area contributed by atoms with Gasteiger partial charge in [0.15, 0.2) is 0 Å². The largest absolute Gasteiger partial charge is 0.469 e. The van der Waals surface area contributed by atoms with Crippen molar-refractivity contribution in [3.63, 3.8) is 0 Å². The number of furan rings is 1. The lowest BCUT2D eigenvalue weighted by atomic mass is 10.1. The highest BCUT2D eigenvalue weighted by Gasteiger charge is 2.14. The summed E-state index contributed by atoms with van der Waals surface area (Å²) in [5.74, 6) is 3.38. The quantitative estimate of drug-likeness (QED) is 0.726. The number of thioether (sulfide) groups is 1. The monoisotopic (exact) mass is 256 g/mol. The Balaban J connectivity index is 2.43. The first-order valence-electron chi connectivity index (χ1n) is 6.20. The number of nitrogens with zero attached hydrogens (tertiary/aromatic N) is 1. The zero-order valence-electron chi connectivity index (χ0n) is 11.1. The predicted molar refractivity (Wildman–Crippen MR) is 75.4 cm³/mol. The van der Waals surface area contributed by atoms with E-state index in [4.69, 9.17) is 10.2 Å². The van der Waals surface area contributed by atoms with E-state index in [1.807, 2.05) is 24.8 Å². The van der Waals surface area contributed by atoms with E-state index in [-0.39, 0.29) is 0 Å². The maximum absolute atomic E-state index is 5.85. The van der Waals surface area contributed by atoms with Gasteiger partial charge in [-0.3, -0.25) is 4.90 Å². The molecule has 0 aliphatic heterocycles. The molecule has 0 spiro atoms. The van der Waals surface area contributed by atoms with Crippen LogP contribution in [0.4, 0.5) is 0 Å². The van der Waals surface area contributed by atoms with Crippen LogP contribution in [-0.4, -0.2) is 36.0 Å². The molecule has 0 saturated heterocycles. The number of rotatable bonds is 8. The first-order valence-corrected chi connectivity index (χ1v) is 7.35. The second-order valence-corrected chi connectivity index (χ2v) is 5.69. The molecule has 3 nitrogen and oxygen atoms in total. The van der Waals surface area contributed by atoms with Gasteiger partial charge >= 0.3 is 0 Å². The number of hydrogen-bond acceptors (Lipinski definition) is 4. The highest BCUT2D eigenvalue weighted by Crippen LogP contribution is 2.14. The Morgan fingerprint density at radius 3 is 2.82 bits per heavy atom. The van der Waals surface area contributed by atoms with Crippen LogP contribution in [-0.2, 0) is 6.54 Å². The van der Waals surface area contributed by atoms with Gasteiger partial charge in [0.25, 0.3) is 0 Å². The smallest absolute Gasteiger partial charge is 0.105 e. The van der Waals surface area contributed by atoms with Gasteiger partial charge in [0.05, 0.1) is 6.26 Å². The first-order chi connectivity index (χ1) is 8.19. The average Bonchev–Trinajstić information content (AvgIpc) is 2.70. The van der Waals surface area contributed by atoms with Gasteiger partial charge in [-0.15, -0.1) is 0 Å². The van der Waals surface area contributed by atoms with Gasteiger partial charge in [0.1, 0.15) is 5.76 Å². The van der Waals surface area contributed by atoms with Crippen LogP contribution < -0.4 is 5.73 Å². The second kappa shape index (κ2) is 7.80. The standard InChI is InChI=1S/C13H24N2OS/c1-4-17-8-6-13(9-14)15(3)10-12-5-7-16-11(12)2/h5,7,13H,4,6,8-10,14H2,1-3H3. The average molecular weight is 256 g/mol. The molecule has 0 aromatic carbocycles. The molecule has 1 unspecified atom stereocenters. The van der Waals surface area contributed by atoms with Gasteiger partial charge in [0, 0.05) is 24.7 Å². The predicted octanol–water partition coefficient (Wildman–Crippen LogP) is 2.49. The van der Waals surface area contributed by atoms with E-state index in [2.05, 4.69) is 18.9 Å². The Bertz CT molecular complexity index is 314. The van der Waals surface area contributed by atoms with Gasteiger partial charge in [-0.2, -0.15) is 11.8 Å². The summed E-state index contributed by atoms with van der Waals surface area (Å²) in [4.78, 5) is 2.33. The van der Waals surface area contributed by atoms with Crippen LogP contribution in [0, 0.1) is 6.92 Å². The molecule has 0 bridgehead atoms. The lowest BCUT2D eigenvalue weighted by Gasteiger charge is -2.26. The minimum absolute atomic E-state index is 0.461. The summed E-state index contributed by atoms with van der Waals surface area (Å²) in [6, 6.07) is 2.50. The molecule has 0 saturated carbocycles. The van der Waals surface area contributed by atoms with Crippen molar-refractivity contribution in [2.75, 3.05) is 25.1 Å². The molecule has 1 rings (SSSR count). The summed E-state index contributed by atoms with van der Waals surface area (Å²) in [6.07, 6.45) is 2.91. The molecule has 0 fully saturated rings. The summed E-state index contributed by atoms with van der Waals surface area (Å²) in [5, 5.41) is 0. The second-order valence-electron chi connectivity index (χ2n) is 4.29. The normalized spacial score (nSPS) is 13.2. The van der Waals surface area contributed by atoms with Crippen LogP contribution in [0.3, 0.4) is 0 Å². The van der Waals surface area contributed by atoms with Gasteiger partial charge in [-0.1, -0.05) is 6.92 Å². The first kappa shape index (κ1) is 14.6. The summed E-state index contributed by atoms with van der Waals surface area (Å²) >= 11 is 1.98. The van der Waals surface area contributed by atoms with Crippen LogP contribution in [0.25, 0.3) is 0 Å². The van der Waals surface area contributed by atoms with Crippen molar-refractivity contribution in [1.29, 1.82) is 0 Å². The van der Waals surface area contributed by atoms with Gasteiger partial charge in [-0.25, -0.2) is 0 Å². The third kappa shape index (κ3) is 4.74. The van der Waals surface area contributed by atoms with Crippen LogP contribution >= 0.6 is 11.8 Å². The maximum atomic E-state index is 5.85. The number of hydrogen-bond donors (Lipinski definition) is 1. The highest BCUT2D eigenvalue weighted by molar-refractivity contribution is 7.99. The molecule has 0 amide bonds. The van der Waals surface area contributed by atoms with E-state index in [0.29, 0.717) is 6.04 Å². The minimum atomic E-state index is 0.461. The molecular formula is C13H24N2OS. The third-order valence-electron chi connectivity index (χ3n) is 3.08. The fourth-order valence-electron chi connectivity index (χ4n) is 1.85. The fourth-order valence-corrected chi connectivity index (χ4v) is 2.58. The summed E-state index contributed by atoms with van der Waals surface area (Å²) in [5.41, 5.74) is 7.11. The Morgan fingerprint density at radius 2 is 2.29 bits per heavy atom. The molecule has 0 radical (unpaired) electrons. The van der Waals surface area contributed by atoms with E-state index in [9.17, 15) is 0 Å². The van der Waals surface area contributed by atoms with Crippen molar-refractivity contribution in [2.45, 2.75) is 32.9 Å². The number of nitrogens with two attached hydrogens (primary N) is 1. The molecule has 1 atom stereocenters. The van der Waals surface area contributed by atoms with Crippen LogP contribution in [0.15, 0.2) is 16.7 Å². The molecule has 0 aliphatic carbocycles. The molecule has 4 heteroatoms. The lowest BCUT2D eigenvalue weighted by molar-refractivity contribution is 0.233. The molecular weight excluding hydrogens is 232 g/mol. The van der Waals surface area contributed by atoms with Crippen LogP contribution in [0.1, 0.15) is 24.7 Å². The van der Waals surface area contributed by atoms with Crippen molar-refractivity contribution < 1.29 is 4.42 Å². The van der Waals surface area contributed by atoms with Gasteiger partial charge < -0.3 is 10.2 Å².